The van der Waals surface area contributed by atoms with Crippen molar-refractivity contribution in [1.82, 2.24) is 14.8 Å². The number of benzene rings is 3. The quantitative estimate of drug-likeness (QED) is 0.545. The standard InChI is InChI=1S/C23H17F2N3O2/c24-17-11-12-18(19(25)13-17)20(29)14-28-23(30)26-21(15-7-3-1-4-8-15)22(27-28)16-9-5-2-6-10-16/h1-13,20,29H,14H2/t20-/m0/s1. The average molecular weight is 405 g/mol. The van der Waals surface area contributed by atoms with Crippen molar-refractivity contribution in [3.63, 3.8) is 0 Å². The number of aliphatic hydroxyl groups is 1. The molecule has 4 aromatic rings. The molecule has 1 aromatic heterocycles. The lowest BCUT2D eigenvalue weighted by molar-refractivity contribution is 0.144. The maximum Gasteiger partial charge on any atom is 0.364 e. The molecule has 150 valence electrons. The summed E-state index contributed by atoms with van der Waals surface area (Å²) >= 11 is 0. The lowest BCUT2D eigenvalue weighted by Crippen LogP contribution is -2.29. The summed E-state index contributed by atoms with van der Waals surface area (Å²) in [6.45, 7) is -0.330. The fraction of sp³-hybridized carbons (Fsp3) is 0.0870. The summed E-state index contributed by atoms with van der Waals surface area (Å²) in [6, 6.07) is 21.2. The van der Waals surface area contributed by atoms with Crippen LogP contribution in [0.25, 0.3) is 22.5 Å². The second-order valence-corrected chi connectivity index (χ2v) is 6.69. The monoisotopic (exact) mass is 405 g/mol. The van der Waals surface area contributed by atoms with E-state index in [-0.39, 0.29) is 12.1 Å². The van der Waals surface area contributed by atoms with E-state index in [9.17, 15) is 18.7 Å². The molecule has 1 heterocycles. The van der Waals surface area contributed by atoms with E-state index in [4.69, 9.17) is 0 Å². The molecule has 30 heavy (non-hydrogen) atoms. The first-order valence-corrected chi connectivity index (χ1v) is 9.26. The molecular weight excluding hydrogens is 388 g/mol. The van der Waals surface area contributed by atoms with Crippen LogP contribution in [0.1, 0.15) is 11.7 Å². The van der Waals surface area contributed by atoms with E-state index in [0.717, 1.165) is 27.9 Å². The summed E-state index contributed by atoms with van der Waals surface area (Å²) < 4.78 is 28.1. The maximum atomic E-state index is 14.0. The van der Waals surface area contributed by atoms with Gasteiger partial charge in [0.1, 0.15) is 29.1 Å². The lowest BCUT2D eigenvalue weighted by Gasteiger charge is -2.15. The van der Waals surface area contributed by atoms with Gasteiger partial charge in [-0.15, -0.1) is 0 Å². The third kappa shape index (κ3) is 4.01. The number of hydrogen-bond donors (Lipinski definition) is 1. The van der Waals surface area contributed by atoms with Crippen LogP contribution < -0.4 is 5.69 Å². The highest BCUT2D eigenvalue weighted by Crippen LogP contribution is 2.27. The summed E-state index contributed by atoms with van der Waals surface area (Å²) in [5, 5.41) is 14.8. The maximum absolute atomic E-state index is 14.0. The summed E-state index contributed by atoms with van der Waals surface area (Å²) in [5.74, 6) is -1.65. The third-order valence-electron chi connectivity index (χ3n) is 4.64. The van der Waals surface area contributed by atoms with Crippen molar-refractivity contribution in [1.29, 1.82) is 0 Å². The van der Waals surface area contributed by atoms with E-state index in [1.54, 1.807) is 0 Å². The number of rotatable bonds is 5. The average Bonchev–Trinajstić information content (AvgIpc) is 2.76. The van der Waals surface area contributed by atoms with Crippen molar-refractivity contribution >= 4 is 0 Å². The predicted octanol–water partition coefficient (Wildman–Crippen LogP) is 3.98. The second-order valence-electron chi connectivity index (χ2n) is 6.69. The molecule has 0 saturated heterocycles. The molecule has 0 amide bonds. The van der Waals surface area contributed by atoms with Crippen LogP contribution in [0, 0.1) is 11.6 Å². The number of hydrogen-bond acceptors (Lipinski definition) is 4. The largest absolute Gasteiger partial charge is 0.386 e. The molecule has 1 N–H and O–H groups in total. The normalized spacial score (nSPS) is 12.0. The van der Waals surface area contributed by atoms with Crippen LogP contribution in [0.5, 0.6) is 0 Å². The summed E-state index contributed by atoms with van der Waals surface area (Å²) in [6.07, 6.45) is -1.40. The number of aromatic nitrogens is 3. The van der Waals surface area contributed by atoms with E-state index in [0.29, 0.717) is 17.5 Å². The summed E-state index contributed by atoms with van der Waals surface area (Å²) in [4.78, 5) is 16.8. The molecule has 1 atom stereocenters. The Labute approximate surface area is 170 Å². The van der Waals surface area contributed by atoms with E-state index in [1.165, 1.54) is 0 Å². The zero-order chi connectivity index (χ0) is 21.1. The Bertz CT molecular complexity index is 1230. The molecule has 0 fully saturated rings. The molecule has 0 radical (unpaired) electrons. The third-order valence-corrected chi connectivity index (χ3v) is 4.64. The highest BCUT2D eigenvalue weighted by atomic mass is 19.1. The van der Waals surface area contributed by atoms with Gasteiger partial charge in [-0.3, -0.25) is 0 Å². The van der Waals surface area contributed by atoms with Gasteiger partial charge >= 0.3 is 5.69 Å². The van der Waals surface area contributed by atoms with Crippen LogP contribution in [0.4, 0.5) is 8.78 Å². The first kappa shape index (κ1) is 19.6. The van der Waals surface area contributed by atoms with Gasteiger partial charge in [0.2, 0.25) is 0 Å². The molecule has 4 rings (SSSR count). The predicted molar refractivity (Wildman–Crippen MR) is 108 cm³/mol. The molecule has 3 aromatic carbocycles. The van der Waals surface area contributed by atoms with E-state index in [2.05, 4.69) is 10.1 Å². The Morgan fingerprint density at radius 3 is 2.07 bits per heavy atom. The van der Waals surface area contributed by atoms with Crippen LogP contribution in [-0.4, -0.2) is 19.9 Å². The number of halogens is 2. The first-order valence-electron chi connectivity index (χ1n) is 9.26. The SMILES string of the molecule is O=c1nc(-c2ccccc2)c(-c2ccccc2)nn1C[C@H](O)c1ccc(F)cc1F. The molecular formula is C23H17F2N3O2. The molecule has 0 bridgehead atoms. The molecule has 5 nitrogen and oxygen atoms in total. The highest BCUT2D eigenvalue weighted by molar-refractivity contribution is 5.77. The molecule has 0 aliphatic rings. The molecule has 0 spiro atoms. The molecule has 0 saturated carbocycles. The Morgan fingerprint density at radius 2 is 1.47 bits per heavy atom. The van der Waals surface area contributed by atoms with Gasteiger partial charge in [0.25, 0.3) is 0 Å². The number of nitrogens with zero attached hydrogens (tertiary/aromatic N) is 3. The minimum atomic E-state index is -1.40. The van der Waals surface area contributed by atoms with Crippen LogP contribution >= 0.6 is 0 Å². The van der Waals surface area contributed by atoms with Gasteiger partial charge in [-0.25, -0.2) is 18.3 Å². The fourth-order valence-electron chi connectivity index (χ4n) is 3.16. The zero-order valence-corrected chi connectivity index (χ0v) is 15.7. The van der Waals surface area contributed by atoms with Gasteiger partial charge in [0, 0.05) is 22.8 Å². The minimum Gasteiger partial charge on any atom is -0.386 e. The molecule has 0 aliphatic heterocycles. The first-order chi connectivity index (χ1) is 14.5. The number of aliphatic hydroxyl groups excluding tert-OH is 1. The van der Waals surface area contributed by atoms with Crippen LogP contribution in [-0.2, 0) is 6.54 Å². The van der Waals surface area contributed by atoms with Crippen molar-refractivity contribution in [2.24, 2.45) is 0 Å². The lowest BCUT2D eigenvalue weighted by atomic mass is 10.0. The van der Waals surface area contributed by atoms with E-state index in [1.807, 2.05) is 60.7 Å². The van der Waals surface area contributed by atoms with Crippen molar-refractivity contribution in [3.05, 3.63) is 107 Å². The van der Waals surface area contributed by atoms with Crippen molar-refractivity contribution in [3.8, 4) is 22.5 Å². The Kier molecular flexibility index (Phi) is 5.45. The Hall–Kier alpha value is -3.71. The van der Waals surface area contributed by atoms with Crippen molar-refractivity contribution in [2.75, 3.05) is 0 Å². The summed E-state index contributed by atoms with van der Waals surface area (Å²) in [5.41, 5.74) is 1.51. The zero-order valence-electron chi connectivity index (χ0n) is 15.7. The smallest absolute Gasteiger partial charge is 0.364 e. The van der Waals surface area contributed by atoms with Crippen molar-refractivity contribution < 1.29 is 13.9 Å². The van der Waals surface area contributed by atoms with E-state index >= 15 is 0 Å². The minimum absolute atomic E-state index is 0.126. The highest BCUT2D eigenvalue weighted by Gasteiger charge is 2.19. The van der Waals surface area contributed by atoms with Gasteiger partial charge in [-0.05, 0) is 6.07 Å². The van der Waals surface area contributed by atoms with Crippen LogP contribution in [0.2, 0.25) is 0 Å². The van der Waals surface area contributed by atoms with Gasteiger partial charge in [-0.2, -0.15) is 10.1 Å². The van der Waals surface area contributed by atoms with E-state index < -0.39 is 23.4 Å². The van der Waals surface area contributed by atoms with Gasteiger partial charge in [-0.1, -0.05) is 66.7 Å². The van der Waals surface area contributed by atoms with Gasteiger partial charge < -0.3 is 5.11 Å². The molecule has 7 heteroatoms. The van der Waals surface area contributed by atoms with Gasteiger partial charge in [0.05, 0.1) is 6.54 Å². The van der Waals surface area contributed by atoms with Crippen LogP contribution in [0.3, 0.4) is 0 Å². The van der Waals surface area contributed by atoms with Crippen molar-refractivity contribution in [2.45, 2.75) is 12.6 Å². The molecule has 0 unspecified atom stereocenters. The van der Waals surface area contributed by atoms with Gasteiger partial charge in [0.15, 0.2) is 0 Å². The molecule has 0 aliphatic carbocycles. The van der Waals surface area contributed by atoms with Crippen LogP contribution in [0.15, 0.2) is 83.7 Å². The second kappa shape index (κ2) is 8.34. The topological polar surface area (TPSA) is 68.0 Å². The Balaban J connectivity index is 1.79. The Morgan fingerprint density at radius 1 is 0.867 bits per heavy atom. The fourth-order valence-corrected chi connectivity index (χ4v) is 3.16. The summed E-state index contributed by atoms with van der Waals surface area (Å²) in [7, 11) is 0.